The molecule has 0 saturated carbocycles. The van der Waals surface area contributed by atoms with Crippen molar-refractivity contribution in [2.75, 3.05) is 14.2 Å². The molecule has 2 aromatic carbocycles. The fraction of sp³-hybridized carbons (Fsp3) is 0.346. The summed E-state index contributed by atoms with van der Waals surface area (Å²) in [4.78, 5) is 40.7. The molecule has 1 N–H and O–H groups in total. The molecule has 2 aromatic rings. The minimum atomic E-state index is -4.87. The van der Waals surface area contributed by atoms with Crippen LogP contribution < -0.4 is 24.3 Å². The first-order valence-corrected chi connectivity index (χ1v) is 11.9. The van der Waals surface area contributed by atoms with Crippen molar-refractivity contribution in [3.05, 3.63) is 57.8 Å². The topological polar surface area (TPSA) is 100 Å². The molecular weight excluding hydrogens is 531 g/mol. The zero-order valence-corrected chi connectivity index (χ0v) is 21.1. The maximum Gasteiger partial charge on any atom is 0.573 e. The van der Waals surface area contributed by atoms with Crippen LogP contribution in [0.3, 0.4) is 0 Å². The van der Waals surface area contributed by atoms with Crippen LogP contribution >= 0.6 is 11.6 Å². The fourth-order valence-corrected chi connectivity index (χ4v) is 5.64. The molecule has 8 nitrogen and oxygen atoms in total. The molecule has 2 aliphatic heterocycles. The number of Topliss-reactive ketones (excluding diaryl/α,β-unsaturated/α-hetero) is 2. The van der Waals surface area contributed by atoms with Crippen LogP contribution in [0.4, 0.5) is 13.2 Å². The number of methoxy groups -OCH3 is 2. The van der Waals surface area contributed by atoms with E-state index in [4.69, 9.17) is 25.8 Å². The number of ketones is 2. The van der Waals surface area contributed by atoms with Crippen LogP contribution in [-0.4, -0.2) is 43.7 Å². The van der Waals surface area contributed by atoms with Gasteiger partial charge in [0.05, 0.1) is 14.2 Å². The van der Waals surface area contributed by atoms with Crippen LogP contribution in [-0.2, 0) is 9.59 Å². The highest BCUT2D eigenvalue weighted by molar-refractivity contribution is 6.36. The van der Waals surface area contributed by atoms with E-state index in [9.17, 15) is 27.6 Å². The molecule has 12 heteroatoms. The van der Waals surface area contributed by atoms with Crippen LogP contribution in [0.1, 0.15) is 41.6 Å². The molecule has 5 rings (SSSR count). The summed E-state index contributed by atoms with van der Waals surface area (Å²) in [6.07, 6.45) is -4.91. The lowest BCUT2D eigenvalue weighted by Crippen LogP contribution is -2.59. The minimum absolute atomic E-state index is 0.00190. The van der Waals surface area contributed by atoms with Crippen molar-refractivity contribution < 1.29 is 46.5 Å². The van der Waals surface area contributed by atoms with Gasteiger partial charge in [-0.05, 0) is 24.1 Å². The van der Waals surface area contributed by atoms with Gasteiger partial charge in [0, 0.05) is 35.6 Å². The number of rotatable bonds is 4. The molecule has 0 saturated heterocycles. The predicted octanol–water partition coefficient (Wildman–Crippen LogP) is 4.74. The van der Waals surface area contributed by atoms with Crippen LogP contribution in [0, 0.1) is 5.92 Å². The number of allylic oxidation sites excluding steroid dienone is 1. The average Bonchev–Trinajstić information content (AvgIpc) is 3.17. The van der Waals surface area contributed by atoms with Gasteiger partial charge in [-0.1, -0.05) is 30.7 Å². The number of ether oxygens (including phenoxy) is 4. The smallest absolute Gasteiger partial charge is 0.496 e. The summed E-state index contributed by atoms with van der Waals surface area (Å²) >= 11 is 6.46. The summed E-state index contributed by atoms with van der Waals surface area (Å²) in [5.41, 5.74) is -1.08. The fourth-order valence-electron chi connectivity index (χ4n) is 5.38. The van der Waals surface area contributed by atoms with Crippen molar-refractivity contribution in [1.29, 1.82) is 0 Å². The molecule has 1 spiro atoms. The maximum absolute atomic E-state index is 14.2. The highest BCUT2D eigenvalue weighted by Crippen LogP contribution is 2.55. The number of carbonyl (C=O) groups excluding carboxylic acids is 3. The number of halogens is 4. The van der Waals surface area contributed by atoms with Crippen LogP contribution in [0.2, 0.25) is 5.02 Å². The average molecular weight is 552 g/mol. The molecule has 38 heavy (non-hydrogen) atoms. The van der Waals surface area contributed by atoms with Crippen LogP contribution in [0.15, 0.2) is 41.6 Å². The second-order valence-electron chi connectivity index (χ2n) is 9.21. The first-order chi connectivity index (χ1) is 17.9. The van der Waals surface area contributed by atoms with Gasteiger partial charge in [0.25, 0.3) is 0 Å². The van der Waals surface area contributed by atoms with Gasteiger partial charge in [-0.2, -0.15) is 0 Å². The summed E-state index contributed by atoms with van der Waals surface area (Å²) in [7, 11) is 2.73. The van der Waals surface area contributed by atoms with Crippen LogP contribution in [0.5, 0.6) is 23.0 Å². The van der Waals surface area contributed by atoms with E-state index < -0.39 is 41.1 Å². The van der Waals surface area contributed by atoms with Gasteiger partial charge < -0.3 is 24.3 Å². The second-order valence-corrected chi connectivity index (χ2v) is 9.59. The molecule has 0 aromatic heterocycles. The second kappa shape index (κ2) is 8.93. The Hall–Kier alpha value is -3.73. The molecule has 1 amide bonds. The summed E-state index contributed by atoms with van der Waals surface area (Å²) in [5.74, 6) is -3.38. The minimum Gasteiger partial charge on any atom is -0.496 e. The van der Waals surface area contributed by atoms with Crippen LogP contribution in [0.25, 0.3) is 0 Å². The summed E-state index contributed by atoms with van der Waals surface area (Å²) in [6, 6.07) is 6.34. The monoisotopic (exact) mass is 551 g/mol. The highest BCUT2D eigenvalue weighted by Gasteiger charge is 2.63. The molecular formula is C26H21ClF3NO7. The zero-order valence-electron chi connectivity index (χ0n) is 20.3. The largest absolute Gasteiger partial charge is 0.573 e. The Morgan fingerprint density at radius 1 is 1.03 bits per heavy atom. The molecule has 1 aliphatic carbocycles. The molecule has 3 atom stereocenters. The third-order valence-corrected chi connectivity index (χ3v) is 7.43. The maximum atomic E-state index is 14.2. The Kier molecular flexibility index (Phi) is 6.09. The molecule has 3 aliphatic rings. The number of benzene rings is 2. The van der Waals surface area contributed by atoms with Gasteiger partial charge in [-0.3, -0.25) is 14.4 Å². The normalized spacial score (nSPS) is 24.6. The van der Waals surface area contributed by atoms with E-state index in [1.54, 1.807) is 6.92 Å². The number of hydrogen-bond acceptors (Lipinski definition) is 7. The van der Waals surface area contributed by atoms with Crippen molar-refractivity contribution in [3.63, 3.8) is 0 Å². The Labute approximate surface area is 219 Å². The van der Waals surface area contributed by atoms with Crippen molar-refractivity contribution >= 4 is 29.1 Å². The number of alkyl halides is 3. The van der Waals surface area contributed by atoms with Gasteiger partial charge in [-0.25, -0.2) is 0 Å². The number of fused-ring (bicyclic) bond motifs is 1. The highest BCUT2D eigenvalue weighted by atomic mass is 35.5. The lowest BCUT2D eigenvalue weighted by atomic mass is 9.66. The third-order valence-electron chi connectivity index (χ3n) is 7.07. The van der Waals surface area contributed by atoms with E-state index in [0.29, 0.717) is 11.3 Å². The standard InChI is InChI=1S/C26H21ClF3NO7/c1-11-8-15-19(14(9-18(32)31-15)12-4-6-13(7-5-12)37-26(28,29)30)23(33)25(11)24(34)20-16(35-2)10-17(36-3)21(27)22(20)38-25/h4-7,10-11,14H,8-9H2,1-3H3,(H,31,32)/t11-,14?,25+/m1/s1. The zero-order chi connectivity index (χ0) is 27.6. The molecule has 0 bridgehead atoms. The lowest BCUT2D eigenvalue weighted by Gasteiger charge is -2.41. The van der Waals surface area contributed by atoms with E-state index >= 15 is 0 Å². The van der Waals surface area contributed by atoms with Gasteiger partial charge in [0.1, 0.15) is 27.8 Å². The first-order valence-electron chi connectivity index (χ1n) is 11.5. The number of carbonyl (C=O) groups is 3. The quantitative estimate of drug-likeness (QED) is 0.548. The van der Waals surface area contributed by atoms with Gasteiger partial charge in [-0.15, -0.1) is 13.2 Å². The lowest BCUT2D eigenvalue weighted by molar-refractivity contribution is -0.274. The van der Waals surface area contributed by atoms with Crippen molar-refractivity contribution in [2.24, 2.45) is 5.92 Å². The van der Waals surface area contributed by atoms with Gasteiger partial charge >= 0.3 is 6.36 Å². The van der Waals surface area contributed by atoms with E-state index in [1.807, 2.05) is 0 Å². The van der Waals surface area contributed by atoms with Gasteiger partial charge in [0.15, 0.2) is 5.75 Å². The van der Waals surface area contributed by atoms with Crippen molar-refractivity contribution in [1.82, 2.24) is 5.32 Å². The molecule has 1 unspecified atom stereocenters. The molecule has 2 heterocycles. The summed E-state index contributed by atoms with van der Waals surface area (Å²) in [6.45, 7) is 1.65. The Morgan fingerprint density at radius 3 is 2.29 bits per heavy atom. The third kappa shape index (κ3) is 3.87. The Balaban J connectivity index is 1.59. The summed E-state index contributed by atoms with van der Waals surface area (Å²) in [5, 5.41) is 2.73. The number of nitrogens with one attached hydrogen (secondary N) is 1. The number of hydrogen-bond donors (Lipinski definition) is 1. The van der Waals surface area contributed by atoms with E-state index in [1.165, 1.54) is 32.4 Å². The Bertz CT molecular complexity index is 1400. The predicted molar refractivity (Wildman–Crippen MR) is 127 cm³/mol. The molecule has 200 valence electrons. The van der Waals surface area contributed by atoms with E-state index in [2.05, 4.69) is 10.1 Å². The SMILES string of the molecule is COc1cc(OC)c2c(c1Cl)O[C@@]1(C(=O)C3=C(C[C@H]1C)NC(=O)CC3c1ccc(OC(F)(F)F)cc1)C2=O. The Morgan fingerprint density at radius 2 is 1.68 bits per heavy atom. The molecule has 0 fully saturated rings. The van der Waals surface area contributed by atoms with Crippen molar-refractivity contribution in [3.8, 4) is 23.0 Å². The summed E-state index contributed by atoms with van der Waals surface area (Å²) < 4.78 is 58.5. The molecule has 0 radical (unpaired) electrons. The van der Waals surface area contributed by atoms with E-state index in [-0.39, 0.29) is 52.2 Å². The van der Waals surface area contributed by atoms with Crippen molar-refractivity contribution in [2.45, 2.75) is 37.6 Å². The van der Waals surface area contributed by atoms with E-state index in [0.717, 1.165) is 12.1 Å². The number of amides is 1. The van der Waals surface area contributed by atoms with Gasteiger partial charge in [0.2, 0.25) is 23.1 Å². The first kappa shape index (κ1) is 25.9.